The number of rotatable bonds is 3. The SMILES string of the molecule is CS(=O)(=O)c1ccc(Cc2ccc3c(c2N)Cc2ccccc2-3)cc1. The Hall–Kier alpha value is -2.59. The fraction of sp³-hybridized carbons (Fsp3) is 0.143. The number of benzene rings is 3. The maximum atomic E-state index is 11.6. The first-order valence-electron chi connectivity index (χ1n) is 8.21. The molecule has 1 aliphatic carbocycles. The zero-order chi connectivity index (χ0) is 17.6. The van der Waals surface area contributed by atoms with E-state index in [2.05, 4.69) is 36.4 Å². The Bertz CT molecular complexity index is 1070. The molecule has 0 spiro atoms. The molecule has 0 fully saturated rings. The van der Waals surface area contributed by atoms with E-state index in [-0.39, 0.29) is 0 Å². The molecule has 0 aromatic heterocycles. The highest BCUT2D eigenvalue weighted by molar-refractivity contribution is 7.90. The van der Waals surface area contributed by atoms with Gasteiger partial charge >= 0.3 is 0 Å². The Morgan fingerprint density at radius 2 is 1.64 bits per heavy atom. The predicted molar refractivity (Wildman–Crippen MR) is 101 cm³/mol. The first-order chi connectivity index (χ1) is 11.9. The van der Waals surface area contributed by atoms with Crippen molar-refractivity contribution in [2.75, 3.05) is 12.0 Å². The fourth-order valence-electron chi connectivity index (χ4n) is 3.51. The number of sulfone groups is 1. The van der Waals surface area contributed by atoms with Crippen LogP contribution in [-0.2, 0) is 22.7 Å². The molecule has 0 aliphatic heterocycles. The maximum Gasteiger partial charge on any atom is 0.175 e. The van der Waals surface area contributed by atoms with E-state index >= 15 is 0 Å². The van der Waals surface area contributed by atoms with Crippen LogP contribution in [-0.4, -0.2) is 14.7 Å². The summed E-state index contributed by atoms with van der Waals surface area (Å²) >= 11 is 0. The van der Waals surface area contributed by atoms with Crippen molar-refractivity contribution in [2.45, 2.75) is 17.7 Å². The molecule has 4 rings (SSSR count). The van der Waals surface area contributed by atoms with E-state index in [4.69, 9.17) is 5.73 Å². The summed E-state index contributed by atoms with van der Waals surface area (Å²) in [5.74, 6) is 0. The second-order valence-corrected chi connectivity index (χ2v) is 8.61. The van der Waals surface area contributed by atoms with E-state index in [0.29, 0.717) is 11.3 Å². The first-order valence-corrected chi connectivity index (χ1v) is 10.1. The van der Waals surface area contributed by atoms with E-state index in [1.165, 1.54) is 28.5 Å². The molecule has 3 aromatic rings. The number of hydrogen-bond acceptors (Lipinski definition) is 3. The van der Waals surface area contributed by atoms with Crippen molar-refractivity contribution in [3.63, 3.8) is 0 Å². The minimum Gasteiger partial charge on any atom is -0.398 e. The fourth-order valence-corrected chi connectivity index (χ4v) is 4.14. The van der Waals surface area contributed by atoms with Gasteiger partial charge in [-0.3, -0.25) is 0 Å². The second-order valence-electron chi connectivity index (χ2n) is 6.59. The Morgan fingerprint density at radius 3 is 2.36 bits per heavy atom. The summed E-state index contributed by atoms with van der Waals surface area (Å²) < 4.78 is 23.1. The van der Waals surface area contributed by atoms with Gasteiger partial charge in [-0.05, 0) is 51.9 Å². The van der Waals surface area contributed by atoms with Crippen LogP contribution in [0.3, 0.4) is 0 Å². The van der Waals surface area contributed by atoms with E-state index in [1.54, 1.807) is 12.1 Å². The monoisotopic (exact) mass is 349 g/mol. The molecular weight excluding hydrogens is 330 g/mol. The summed E-state index contributed by atoms with van der Waals surface area (Å²) in [7, 11) is -3.16. The highest BCUT2D eigenvalue weighted by atomic mass is 32.2. The van der Waals surface area contributed by atoms with Gasteiger partial charge in [0.15, 0.2) is 9.84 Å². The number of nitrogen functional groups attached to an aromatic ring is 1. The average molecular weight is 349 g/mol. The number of nitrogens with two attached hydrogens (primary N) is 1. The molecule has 126 valence electrons. The van der Waals surface area contributed by atoms with E-state index < -0.39 is 9.84 Å². The average Bonchev–Trinajstić information content (AvgIpc) is 2.97. The largest absolute Gasteiger partial charge is 0.398 e. The van der Waals surface area contributed by atoms with Gasteiger partial charge in [0.1, 0.15) is 0 Å². The molecule has 0 unspecified atom stereocenters. The van der Waals surface area contributed by atoms with E-state index in [9.17, 15) is 8.42 Å². The summed E-state index contributed by atoms with van der Waals surface area (Å²) in [5, 5.41) is 0. The van der Waals surface area contributed by atoms with Crippen LogP contribution in [0.2, 0.25) is 0 Å². The van der Waals surface area contributed by atoms with E-state index in [1.807, 2.05) is 12.1 Å². The summed E-state index contributed by atoms with van der Waals surface area (Å²) in [4.78, 5) is 0.341. The summed E-state index contributed by atoms with van der Waals surface area (Å²) in [6.45, 7) is 0. The smallest absolute Gasteiger partial charge is 0.175 e. The van der Waals surface area contributed by atoms with Crippen LogP contribution >= 0.6 is 0 Å². The minimum absolute atomic E-state index is 0.341. The molecule has 1 aliphatic rings. The van der Waals surface area contributed by atoms with Crippen LogP contribution in [0, 0.1) is 0 Å². The quantitative estimate of drug-likeness (QED) is 0.572. The molecule has 0 atom stereocenters. The lowest BCUT2D eigenvalue weighted by Gasteiger charge is -2.11. The molecule has 3 aromatic carbocycles. The van der Waals surface area contributed by atoms with Gasteiger partial charge in [-0.15, -0.1) is 0 Å². The van der Waals surface area contributed by atoms with Gasteiger partial charge in [0.2, 0.25) is 0 Å². The Labute approximate surface area is 148 Å². The van der Waals surface area contributed by atoms with Crippen molar-refractivity contribution in [1.82, 2.24) is 0 Å². The summed E-state index contributed by atoms with van der Waals surface area (Å²) in [6.07, 6.45) is 2.79. The van der Waals surface area contributed by atoms with Crippen LogP contribution in [0.4, 0.5) is 5.69 Å². The molecule has 2 N–H and O–H groups in total. The molecule has 25 heavy (non-hydrogen) atoms. The number of fused-ring (bicyclic) bond motifs is 3. The van der Waals surface area contributed by atoms with Crippen LogP contribution < -0.4 is 5.73 Å². The van der Waals surface area contributed by atoms with Gasteiger partial charge in [0, 0.05) is 18.4 Å². The minimum atomic E-state index is -3.16. The van der Waals surface area contributed by atoms with Crippen LogP contribution in [0.25, 0.3) is 11.1 Å². The van der Waals surface area contributed by atoms with Crippen molar-refractivity contribution >= 4 is 15.5 Å². The molecule has 0 radical (unpaired) electrons. The third kappa shape index (κ3) is 2.83. The van der Waals surface area contributed by atoms with Gasteiger partial charge in [-0.25, -0.2) is 8.42 Å². The van der Waals surface area contributed by atoms with Crippen molar-refractivity contribution in [1.29, 1.82) is 0 Å². The lowest BCUT2D eigenvalue weighted by Crippen LogP contribution is -2.01. The van der Waals surface area contributed by atoms with E-state index in [0.717, 1.165) is 23.2 Å². The molecule has 0 heterocycles. The standard InChI is InChI=1S/C21H19NO2S/c1-25(23,24)17-9-6-14(7-10-17)12-16-8-11-19-18-5-3-2-4-15(18)13-20(19)21(16)22/h2-11H,12-13,22H2,1H3. The highest BCUT2D eigenvalue weighted by Gasteiger charge is 2.21. The van der Waals surface area contributed by atoms with Gasteiger partial charge in [-0.2, -0.15) is 0 Å². The molecule has 3 nitrogen and oxygen atoms in total. The third-order valence-corrected chi connectivity index (χ3v) is 6.00. The summed E-state index contributed by atoms with van der Waals surface area (Å²) in [6, 6.07) is 19.7. The lowest BCUT2D eigenvalue weighted by molar-refractivity contribution is 0.602. The summed E-state index contributed by atoms with van der Waals surface area (Å²) in [5.41, 5.74) is 14.5. The molecule has 0 saturated heterocycles. The van der Waals surface area contributed by atoms with Crippen molar-refractivity contribution < 1.29 is 8.42 Å². The Kier molecular flexibility index (Phi) is 3.65. The normalized spacial score (nSPS) is 12.7. The molecule has 0 amide bonds. The van der Waals surface area contributed by atoms with Crippen molar-refractivity contribution in [3.05, 3.63) is 82.9 Å². The second kappa shape index (κ2) is 5.74. The van der Waals surface area contributed by atoms with Gasteiger partial charge in [0.25, 0.3) is 0 Å². The number of hydrogen-bond donors (Lipinski definition) is 1. The molecular formula is C21H19NO2S. The molecule has 0 bridgehead atoms. The van der Waals surface area contributed by atoms with Crippen molar-refractivity contribution in [3.8, 4) is 11.1 Å². The van der Waals surface area contributed by atoms with Gasteiger partial charge in [-0.1, -0.05) is 48.5 Å². The van der Waals surface area contributed by atoms with Gasteiger partial charge in [0.05, 0.1) is 4.90 Å². The first kappa shape index (κ1) is 15.9. The van der Waals surface area contributed by atoms with Crippen LogP contribution in [0.5, 0.6) is 0 Å². The van der Waals surface area contributed by atoms with Crippen molar-refractivity contribution in [2.24, 2.45) is 0 Å². The van der Waals surface area contributed by atoms with Crippen LogP contribution in [0.1, 0.15) is 22.3 Å². The number of anilines is 1. The zero-order valence-corrected chi connectivity index (χ0v) is 14.8. The lowest BCUT2D eigenvalue weighted by atomic mass is 9.97. The predicted octanol–water partition coefficient (Wildman–Crippen LogP) is 3.83. The van der Waals surface area contributed by atoms with Crippen LogP contribution in [0.15, 0.2) is 65.6 Å². The third-order valence-electron chi connectivity index (χ3n) is 4.87. The topological polar surface area (TPSA) is 60.2 Å². The zero-order valence-electron chi connectivity index (χ0n) is 14.0. The Balaban J connectivity index is 1.66. The Morgan fingerprint density at radius 1 is 0.920 bits per heavy atom. The highest BCUT2D eigenvalue weighted by Crippen LogP contribution is 2.40. The van der Waals surface area contributed by atoms with Gasteiger partial charge < -0.3 is 5.73 Å². The molecule has 0 saturated carbocycles. The molecule has 4 heteroatoms. The maximum absolute atomic E-state index is 11.6.